The summed E-state index contributed by atoms with van der Waals surface area (Å²) in [5.74, 6) is -0.0406. The summed E-state index contributed by atoms with van der Waals surface area (Å²) >= 11 is 0. The average Bonchev–Trinajstić information content (AvgIpc) is 2.05. The number of hydrogen-bond acceptors (Lipinski definition) is 2. The van der Waals surface area contributed by atoms with E-state index in [1.807, 2.05) is 6.92 Å². The molecule has 1 rings (SSSR count). The van der Waals surface area contributed by atoms with Crippen LogP contribution in [0.2, 0.25) is 0 Å². The quantitative estimate of drug-likeness (QED) is 0.799. The molecule has 5 heteroatoms. The van der Waals surface area contributed by atoms with Crippen molar-refractivity contribution < 1.29 is 9.59 Å². The van der Waals surface area contributed by atoms with E-state index in [0.29, 0.717) is 13.1 Å². The van der Waals surface area contributed by atoms with Gasteiger partial charge < -0.3 is 15.5 Å². The van der Waals surface area contributed by atoms with Gasteiger partial charge in [0.1, 0.15) is 0 Å². The summed E-state index contributed by atoms with van der Waals surface area (Å²) in [7, 11) is 0. The van der Waals surface area contributed by atoms with Crippen LogP contribution in [0.4, 0.5) is 4.79 Å². The van der Waals surface area contributed by atoms with Crippen molar-refractivity contribution in [3.05, 3.63) is 0 Å². The molecule has 5 nitrogen and oxygen atoms in total. The standard InChI is InChI=1S/C13H25N3O2/c1-9(6-13(3,4)5)14-12(18)16-7-11(8-16)15-10(2)17/h9,11H,6-8H2,1-5H3,(H,14,18)(H,15,17)/t9-/m0/s1. The second-order valence-corrected chi connectivity index (χ2v) is 6.42. The van der Waals surface area contributed by atoms with Crippen LogP contribution < -0.4 is 10.6 Å². The summed E-state index contributed by atoms with van der Waals surface area (Å²) < 4.78 is 0. The third-order valence-corrected chi connectivity index (χ3v) is 2.86. The van der Waals surface area contributed by atoms with E-state index in [4.69, 9.17) is 0 Å². The first kappa shape index (κ1) is 14.8. The van der Waals surface area contributed by atoms with Crippen molar-refractivity contribution in [1.29, 1.82) is 0 Å². The van der Waals surface area contributed by atoms with Crippen LogP contribution in [0.15, 0.2) is 0 Å². The molecule has 0 bridgehead atoms. The molecule has 3 amide bonds. The molecule has 18 heavy (non-hydrogen) atoms. The third kappa shape index (κ3) is 4.94. The first-order valence-electron chi connectivity index (χ1n) is 6.50. The van der Waals surface area contributed by atoms with Gasteiger partial charge in [-0.05, 0) is 18.8 Å². The van der Waals surface area contributed by atoms with E-state index in [0.717, 1.165) is 6.42 Å². The van der Waals surface area contributed by atoms with Crippen LogP contribution in [0.5, 0.6) is 0 Å². The van der Waals surface area contributed by atoms with Gasteiger partial charge in [0.2, 0.25) is 5.91 Å². The predicted octanol–water partition coefficient (Wildman–Crippen LogP) is 1.34. The summed E-state index contributed by atoms with van der Waals surface area (Å²) in [6, 6.07) is 0.247. The maximum absolute atomic E-state index is 11.9. The van der Waals surface area contributed by atoms with Crippen LogP contribution in [0.25, 0.3) is 0 Å². The van der Waals surface area contributed by atoms with E-state index in [1.54, 1.807) is 4.90 Å². The van der Waals surface area contributed by atoms with Gasteiger partial charge in [0.05, 0.1) is 6.04 Å². The largest absolute Gasteiger partial charge is 0.350 e. The number of hydrogen-bond donors (Lipinski definition) is 2. The Kier molecular flexibility index (Phi) is 4.59. The molecule has 1 fully saturated rings. The molecular formula is C13H25N3O2. The number of urea groups is 1. The minimum atomic E-state index is -0.0406. The number of nitrogens with zero attached hydrogens (tertiary/aromatic N) is 1. The van der Waals surface area contributed by atoms with E-state index in [2.05, 4.69) is 31.4 Å². The normalized spacial score (nSPS) is 17.9. The lowest BCUT2D eigenvalue weighted by Gasteiger charge is -2.40. The van der Waals surface area contributed by atoms with Crippen molar-refractivity contribution in [2.45, 2.75) is 53.1 Å². The Hall–Kier alpha value is -1.26. The van der Waals surface area contributed by atoms with Crippen LogP contribution in [0.1, 0.15) is 41.0 Å². The Balaban J connectivity index is 2.25. The van der Waals surface area contributed by atoms with Crippen LogP contribution in [0.3, 0.4) is 0 Å². The molecule has 2 N–H and O–H groups in total. The lowest BCUT2D eigenvalue weighted by molar-refractivity contribution is -0.120. The van der Waals surface area contributed by atoms with E-state index in [9.17, 15) is 9.59 Å². The zero-order valence-electron chi connectivity index (χ0n) is 12.0. The fourth-order valence-corrected chi connectivity index (χ4v) is 2.29. The fourth-order valence-electron chi connectivity index (χ4n) is 2.29. The van der Waals surface area contributed by atoms with Gasteiger partial charge in [0, 0.05) is 26.1 Å². The molecule has 104 valence electrons. The average molecular weight is 255 g/mol. The van der Waals surface area contributed by atoms with Gasteiger partial charge >= 0.3 is 6.03 Å². The highest BCUT2D eigenvalue weighted by atomic mass is 16.2. The summed E-state index contributed by atoms with van der Waals surface area (Å²) in [4.78, 5) is 24.4. The Morgan fingerprint density at radius 1 is 1.33 bits per heavy atom. The lowest BCUT2D eigenvalue weighted by Crippen LogP contribution is -2.63. The molecular weight excluding hydrogens is 230 g/mol. The number of carbonyl (C=O) groups is 2. The molecule has 1 heterocycles. The maximum Gasteiger partial charge on any atom is 0.317 e. The van der Waals surface area contributed by atoms with Gasteiger partial charge in [-0.2, -0.15) is 0 Å². The van der Waals surface area contributed by atoms with Crippen molar-refractivity contribution in [3.63, 3.8) is 0 Å². The van der Waals surface area contributed by atoms with Gasteiger partial charge in [-0.15, -0.1) is 0 Å². The number of amides is 3. The Bertz CT molecular complexity index is 317. The SMILES string of the molecule is CC(=O)NC1CN(C(=O)N[C@@H](C)CC(C)(C)C)C1. The number of likely N-dealkylation sites (tertiary alicyclic amines) is 1. The second kappa shape index (κ2) is 5.59. The summed E-state index contributed by atoms with van der Waals surface area (Å²) in [5.41, 5.74) is 0.209. The summed E-state index contributed by atoms with van der Waals surface area (Å²) in [6.45, 7) is 11.2. The number of nitrogens with one attached hydrogen (secondary N) is 2. The molecule has 0 spiro atoms. The minimum absolute atomic E-state index is 0.0339. The van der Waals surface area contributed by atoms with Gasteiger partial charge in [-0.25, -0.2) is 4.79 Å². The smallest absolute Gasteiger partial charge is 0.317 e. The minimum Gasteiger partial charge on any atom is -0.350 e. The van der Waals surface area contributed by atoms with E-state index < -0.39 is 0 Å². The highest BCUT2D eigenvalue weighted by Gasteiger charge is 2.31. The maximum atomic E-state index is 11.9. The van der Waals surface area contributed by atoms with Crippen molar-refractivity contribution >= 4 is 11.9 Å². The molecule has 0 aliphatic carbocycles. The predicted molar refractivity (Wildman–Crippen MR) is 71.2 cm³/mol. The second-order valence-electron chi connectivity index (χ2n) is 6.42. The lowest BCUT2D eigenvalue weighted by atomic mass is 9.89. The molecule has 1 atom stereocenters. The highest BCUT2D eigenvalue weighted by molar-refractivity contribution is 5.77. The van der Waals surface area contributed by atoms with E-state index >= 15 is 0 Å². The molecule has 0 aromatic heterocycles. The van der Waals surface area contributed by atoms with Crippen molar-refractivity contribution in [1.82, 2.24) is 15.5 Å². The van der Waals surface area contributed by atoms with Gasteiger partial charge in [0.25, 0.3) is 0 Å². The van der Waals surface area contributed by atoms with Crippen LogP contribution in [0, 0.1) is 5.41 Å². The Morgan fingerprint density at radius 3 is 2.33 bits per heavy atom. The van der Waals surface area contributed by atoms with Crippen molar-refractivity contribution in [2.75, 3.05) is 13.1 Å². The molecule has 1 saturated heterocycles. The molecule has 0 saturated carbocycles. The zero-order chi connectivity index (χ0) is 13.9. The van der Waals surface area contributed by atoms with Crippen LogP contribution in [-0.2, 0) is 4.79 Å². The van der Waals surface area contributed by atoms with Crippen LogP contribution >= 0.6 is 0 Å². The first-order valence-corrected chi connectivity index (χ1v) is 6.50. The molecule has 1 aliphatic rings. The summed E-state index contributed by atoms with van der Waals surface area (Å²) in [5, 5.41) is 5.78. The Labute approximate surface area is 109 Å². The third-order valence-electron chi connectivity index (χ3n) is 2.86. The highest BCUT2D eigenvalue weighted by Crippen LogP contribution is 2.20. The van der Waals surface area contributed by atoms with E-state index in [-0.39, 0.29) is 29.4 Å². The summed E-state index contributed by atoms with van der Waals surface area (Å²) in [6.07, 6.45) is 0.946. The number of carbonyl (C=O) groups excluding carboxylic acids is 2. The molecule has 1 aliphatic heterocycles. The molecule has 0 radical (unpaired) electrons. The Morgan fingerprint density at radius 2 is 1.89 bits per heavy atom. The van der Waals surface area contributed by atoms with Gasteiger partial charge in [-0.1, -0.05) is 20.8 Å². The van der Waals surface area contributed by atoms with E-state index in [1.165, 1.54) is 6.92 Å². The van der Waals surface area contributed by atoms with Crippen molar-refractivity contribution in [2.24, 2.45) is 5.41 Å². The van der Waals surface area contributed by atoms with Gasteiger partial charge in [0.15, 0.2) is 0 Å². The molecule has 0 aromatic carbocycles. The molecule has 0 aromatic rings. The first-order chi connectivity index (χ1) is 8.17. The van der Waals surface area contributed by atoms with Crippen molar-refractivity contribution in [3.8, 4) is 0 Å². The van der Waals surface area contributed by atoms with Gasteiger partial charge in [-0.3, -0.25) is 4.79 Å². The number of rotatable bonds is 3. The monoisotopic (exact) mass is 255 g/mol. The van der Waals surface area contributed by atoms with Crippen LogP contribution in [-0.4, -0.2) is 42.0 Å². The fraction of sp³-hybridized carbons (Fsp3) is 0.846. The zero-order valence-corrected chi connectivity index (χ0v) is 12.0. The molecule has 0 unspecified atom stereocenters. The topological polar surface area (TPSA) is 61.4 Å².